The highest BCUT2D eigenvalue weighted by molar-refractivity contribution is 5.82. The molecule has 0 bridgehead atoms. The first-order valence-corrected chi connectivity index (χ1v) is 9.27. The Morgan fingerprint density at radius 2 is 1.89 bits per heavy atom. The predicted molar refractivity (Wildman–Crippen MR) is 102 cm³/mol. The Morgan fingerprint density at radius 3 is 2.52 bits per heavy atom. The van der Waals surface area contributed by atoms with Crippen molar-refractivity contribution in [2.75, 3.05) is 7.11 Å². The van der Waals surface area contributed by atoms with Crippen LogP contribution in [0.4, 0.5) is 0 Å². The van der Waals surface area contributed by atoms with Crippen LogP contribution >= 0.6 is 0 Å². The second-order valence-electron chi connectivity index (χ2n) is 6.86. The van der Waals surface area contributed by atoms with Gasteiger partial charge < -0.3 is 19.9 Å². The number of nitrogens with zero attached hydrogens (tertiary/aromatic N) is 1. The molecule has 27 heavy (non-hydrogen) atoms. The molecule has 1 unspecified atom stereocenters. The molecule has 1 aromatic carbocycles. The molecule has 0 aliphatic heterocycles. The Bertz CT molecular complexity index is 755. The number of aliphatic hydroxyl groups is 1. The number of aryl methyl sites for hydroxylation is 1. The van der Waals surface area contributed by atoms with Crippen molar-refractivity contribution in [2.45, 2.75) is 50.9 Å². The van der Waals surface area contributed by atoms with Gasteiger partial charge in [0, 0.05) is 12.2 Å². The highest BCUT2D eigenvalue weighted by Gasteiger charge is 2.26. The van der Waals surface area contributed by atoms with Crippen LogP contribution in [-0.2, 0) is 4.79 Å². The van der Waals surface area contributed by atoms with Crippen LogP contribution < -0.4 is 14.8 Å². The fourth-order valence-corrected chi connectivity index (χ4v) is 3.32. The first-order chi connectivity index (χ1) is 13.1. The summed E-state index contributed by atoms with van der Waals surface area (Å²) in [6, 6.07) is 10.7. The molecule has 6 heteroatoms. The zero-order valence-corrected chi connectivity index (χ0v) is 15.7. The van der Waals surface area contributed by atoms with Gasteiger partial charge in [-0.15, -0.1) is 0 Å². The Morgan fingerprint density at radius 1 is 1.19 bits per heavy atom. The van der Waals surface area contributed by atoms with E-state index in [0.29, 0.717) is 11.3 Å². The zero-order valence-electron chi connectivity index (χ0n) is 15.7. The number of carbonyl (C=O) groups is 1. The van der Waals surface area contributed by atoms with Gasteiger partial charge in [0.05, 0.1) is 18.9 Å². The Hall–Kier alpha value is -2.60. The third kappa shape index (κ3) is 4.98. The maximum absolute atomic E-state index is 12.4. The average Bonchev–Trinajstić information content (AvgIpc) is 2.70. The topological polar surface area (TPSA) is 80.7 Å². The number of hydrogen-bond acceptors (Lipinski definition) is 5. The summed E-state index contributed by atoms with van der Waals surface area (Å²) in [4.78, 5) is 16.6. The van der Waals surface area contributed by atoms with Gasteiger partial charge in [0.1, 0.15) is 11.5 Å². The van der Waals surface area contributed by atoms with Crippen molar-refractivity contribution in [1.82, 2.24) is 10.3 Å². The largest absolute Gasteiger partial charge is 0.497 e. The second-order valence-corrected chi connectivity index (χ2v) is 6.86. The number of nitrogens with one attached hydrogen (secondary N) is 1. The molecule has 1 atom stereocenters. The molecule has 0 spiro atoms. The van der Waals surface area contributed by atoms with E-state index >= 15 is 0 Å². The predicted octanol–water partition coefficient (Wildman–Crippen LogP) is 2.94. The fourth-order valence-electron chi connectivity index (χ4n) is 3.32. The summed E-state index contributed by atoms with van der Waals surface area (Å²) in [5.74, 6) is 1.14. The van der Waals surface area contributed by atoms with E-state index in [-0.39, 0.29) is 18.1 Å². The van der Waals surface area contributed by atoms with Crippen molar-refractivity contribution < 1.29 is 19.4 Å². The lowest BCUT2D eigenvalue weighted by molar-refractivity contribution is -0.130. The van der Waals surface area contributed by atoms with E-state index < -0.39 is 6.10 Å². The molecule has 1 aliphatic rings. The summed E-state index contributed by atoms with van der Waals surface area (Å²) in [6.07, 6.45) is 4.07. The van der Waals surface area contributed by atoms with Crippen molar-refractivity contribution >= 4 is 5.91 Å². The molecule has 144 valence electrons. The second kappa shape index (κ2) is 8.86. The van der Waals surface area contributed by atoms with E-state index in [1.807, 2.05) is 19.1 Å². The summed E-state index contributed by atoms with van der Waals surface area (Å²) in [6.45, 7) is 1.93. The van der Waals surface area contributed by atoms with Crippen molar-refractivity contribution in [2.24, 2.45) is 0 Å². The van der Waals surface area contributed by atoms with Gasteiger partial charge in [-0.05, 0) is 62.4 Å². The maximum Gasteiger partial charge on any atom is 0.253 e. The van der Waals surface area contributed by atoms with Gasteiger partial charge in [0.15, 0.2) is 6.10 Å². The Kier molecular flexibility index (Phi) is 6.29. The van der Waals surface area contributed by atoms with Gasteiger partial charge in [0.2, 0.25) is 0 Å². The van der Waals surface area contributed by atoms with Gasteiger partial charge in [-0.1, -0.05) is 12.1 Å². The molecule has 1 heterocycles. The molecule has 1 aliphatic carbocycles. The molecule has 1 amide bonds. The number of hydrogen-bond donors (Lipinski definition) is 2. The van der Waals surface area contributed by atoms with Gasteiger partial charge in [-0.3, -0.25) is 9.78 Å². The van der Waals surface area contributed by atoms with E-state index in [1.54, 1.807) is 37.6 Å². The molecular weight excluding hydrogens is 344 g/mol. The maximum atomic E-state index is 12.4. The van der Waals surface area contributed by atoms with Crippen LogP contribution in [-0.4, -0.2) is 35.3 Å². The average molecular weight is 370 g/mol. The Labute approximate surface area is 159 Å². The first-order valence-electron chi connectivity index (χ1n) is 9.27. The van der Waals surface area contributed by atoms with Crippen LogP contribution in [0.3, 0.4) is 0 Å². The van der Waals surface area contributed by atoms with Gasteiger partial charge >= 0.3 is 0 Å². The monoisotopic (exact) mass is 370 g/mol. The number of aliphatic hydroxyl groups excluding tert-OH is 1. The fraction of sp³-hybridized carbons (Fsp3) is 0.429. The van der Waals surface area contributed by atoms with Crippen LogP contribution in [0.1, 0.15) is 43.0 Å². The van der Waals surface area contributed by atoms with E-state index in [2.05, 4.69) is 10.3 Å². The lowest BCUT2D eigenvalue weighted by Gasteiger charge is -2.30. The molecule has 0 radical (unpaired) electrons. The van der Waals surface area contributed by atoms with Gasteiger partial charge in [0.25, 0.3) is 5.91 Å². The normalized spacial score (nSPS) is 20.6. The minimum atomic E-state index is -1.18. The minimum absolute atomic E-state index is 0.0558. The number of carbonyl (C=O) groups excluding carboxylic acids is 1. The molecule has 6 nitrogen and oxygen atoms in total. The molecule has 1 fully saturated rings. The van der Waals surface area contributed by atoms with E-state index in [1.165, 1.54) is 0 Å². The van der Waals surface area contributed by atoms with E-state index in [9.17, 15) is 9.90 Å². The first kappa shape index (κ1) is 19.2. The highest BCUT2D eigenvalue weighted by Crippen LogP contribution is 2.26. The molecule has 2 N–H and O–H groups in total. The van der Waals surface area contributed by atoms with Crippen molar-refractivity contribution in [3.63, 3.8) is 0 Å². The SMILES string of the molecule is COc1ccc(C(O)C(=O)NC2CCC(Oc3cccnc3C)CC2)cc1. The summed E-state index contributed by atoms with van der Waals surface area (Å²) in [5.41, 5.74) is 1.44. The molecule has 3 rings (SSSR count). The van der Waals surface area contributed by atoms with Crippen LogP contribution in [0.2, 0.25) is 0 Å². The summed E-state index contributed by atoms with van der Waals surface area (Å²) >= 11 is 0. The third-order valence-corrected chi connectivity index (χ3v) is 4.95. The molecule has 0 saturated heterocycles. The van der Waals surface area contributed by atoms with Crippen LogP contribution in [0, 0.1) is 6.92 Å². The van der Waals surface area contributed by atoms with Crippen LogP contribution in [0.5, 0.6) is 11.5 Å². The van der Waals surface area contributed by atoms with Crippen molar-refractivity contribution in [3.05, 3.63) is 53.9 Å². The smallest absolute Gasteiger partial charge is 0.253 e. The quantitative estimate of drug-likeness (QED) is 0.817. The molecule has 1 aromatic heterocycles. The summed E-state index contributed by atoms with van der Waals surface area (Å²) in [5, 5.41) is 13.2. The van der Waals surface area contributed by atoms with Gasteiger partial charge in [-0.2, -0.15) is 0 Å². The zero-order chi connectivity index (χ0) is 19.2. The van der Waals surface area contributed by atoms with Crippen molar-refractivity contribution in [1.29, 1.82) is 0 Å². The number of amides is 1. The summed E-state index contributed by atoms with van der Waals surface area (Å²) < 4.78 is 11.1. The number of pyridine rings is 1. The highest BCUT2D eigenvalue weighted by atomic mass is 16.5. The molecule has 1 saturated carbocycles. The molecular formula is C21H26N2O4. The van der Waals surface area contributed by atoms with Crippen LogP contribution in [0.15, 0.2) is 42.6 Å². The number of rotatable bonds is 6. The number of aromatic nitrogens is 1. The lowest BCUT2D eigenvalue weighted by Crippen LogP contribution is -2.41. The Balaban J connectivity index is 1.48. The molecule has 2 aromatic rings. The van der Waals surface area contributed by atoms with Gasteiger partial charge in [-0.25, -0.2) is 0 Å². The standard InChI is InChI=1S/C21H26N2O4/c1-14-19(4-3-13-22-14)27-18-11-7-16(8-12-18)23-21(25)20(24)15-5-9-17(26-2)10-6-15/h3-6,9-10,13,16,18,20,24H,7-8,11-12H2,1-2H3,(H,23,25). The number of ether oxygens (including phenoxy) is 2. The number of methoxy groups -OCH3 is 1. The van der Waals surface area contributed by atoms with E-state index in [0.717, 1.165) is 37.1 Å². The minimum Gasteiger partial charge on any atom is -0.497 e. The van der Waals surface area contributed by atoms with Crippen molar-refractivity contribution in [3.8, 4) is 11.5 Å². The number of benzene rings is 1. The summed E-state index contributed by atoms with van der Waals surface area (Å²) in [7, 11) is 1.58. The van der Waals surface area contributed by atoms with Crippen LogP contribution in [0.25, 0.3) is 0 Å². The lowest BCUT2D eigenvalue weighted by atomic mass is 9.92. The third-order valence-electron chi connectivity index (χ3n) is 4.95. The van der Waals surface area contributed by atoms with E-state index in [4.69, 9.17) is 9.47 Å².